The molecule has 0 bridgehead atoms. The van der Waals surface area contributed by atoms with Crippen LogP contribution in [0.1, 0.15) is 19.3 Å². The van der Waals surface area contributed by atoms with Crippen LogP contribution in [0.25, 0.3) is 0 Å². The summed E-state index contributed by atoms with van der Waals surface area (Å²) in [7, 11) is 0. The van der Waals surface area contributed by atoms with Gasteiger partial charge < -0.3 is 10.4 Å². The van der Waals surface area contributed by atoms with Gasteiger partial charge in [0, 0.05) is 5.69 Å². The third kappa shape index (κ3) is 4.89. The molecular formula is C14H15ClFNO3S. The molecule has 114 valence electrons. The number of rotatable bonds is 7. The number of nitrogens with one attached hydrogen (secondary N) is 1. The number of hydrogen-bond acceptors (Lipinski definition) is 3. The van der Waals surface area contributed by atoms with Gasteiger partial charge in [0.1, 0.15) is 5.82 Å². The van der Waals surface area contributed by atoms with Crippen molar-refractivity contribution in [3.63, 3.8) is 0 Å². The van der Waals surface area contributed by atoms with Crippen molar-refractivity contribution in [3.8, 4) is 0 Å². The first-order valence-electron chi connectivity index (χ1n) is 6.45. The molecule has 0 unspecified atom stereocenters. The third-order valence-electron chi connectivity index (χ3n) is 3.33. The van der Waals surface area contributed by atoms with Gasteiger partial charge in [0.2, 0.25) is 5.91 Å². The number of aliphatic carboxylic acids is 1. The number of halogens is 2. The summed E-state index contributed by atoms with van der Waals surface area (Å²) in [5, 5.41) is 11.4. The van der Waals surface area contributed by atoms with E-state index < -0.39 is 11.8 Å². The predicted molar refractivity (Wildman–Crippen MR) is 81.3 cm³/mol. The fraction of sp³-hybridized carbons (Fsp3) is 0.429. The van der Waals surface area contributed by atoms with Crippen molar-refractivity contribution < 1.29 is 19.1 Å². The van der Waals surface area contributed by atoms with Crippen LogP contribution in [0.3, 0.4) is 0 Å². The molecule has 1 fully saturated rings. The van der Waals surface area contributed by atoms with Crippen LogP contribution in [0.5, 0.6) is 0 Å². The zero-order valence-electron chi connectivity index (χ0n) is 11.2. The minimum Gasteiger partial charge on any atom is -0.481 e. The first-order chi connectivity index (χ1) is 9.90. The molecule has 1 aliphatic rings. The van der Waals surface area contributed by atoms with E-state index in [2.05, 4.69) is 5.32 Å². The molecule has 1 aromatic rings. The van der Waals surface area contributed by atoms with Gasteiger partial charge in [-0.3, -0.25) is 9.59 Å². The summed E-state index contributed by atoms with van der Waals surface area (Å²) < 4.78 is 13.0. The molecule has 1 saturated carbocycles. The SMILES string of the molecule is O=C(O)CC1(CSCC(=O)Nc2ccc(F)c(Cl)c2)CC1. The average Bonchev–Trinajstić information content (AvgIpc) is 3.13. The molecule has 0 atom stereocenters. The van der Waals surface area contributed by atoms with Gasteiger partial charge in [-0.05, 0) is 42.2 Å². The number of benzene rings is 1. The maximum atomic E-state index is 13.0. The number of carboxylic acids is 1. The second-order valence-electron chi connectivity index (χ2n) is 5.24. The second kappa shape index (κ2) is 6.66. The topological polar surface area (TPSA) is 66.4 Å². The molecular weight excluding hydrogens is 317 g/mol. The highest BCUT2D eigenvalue weighted by molar-refractivity contribution is 8.00. The standard InChI is InChI=1S/C14H15ClFNO3S/c15-10-5-9(1-2-11(10)16)17-12(18)7-21-8-14(3-4-14)6-13(19)20/h1-2,5H,3-4,6-8H2,(H,17,18)(H,19,20). The van der Waals surface area contributed by atoms with Crippen LogP contribution in [0, 0.1) is 11.2 Å². The number of carbonyl (C=O) groups excluding carboxylic acids is 1. The number of amides is 1. The Kier molecular flexibility index (Phi) is 5.11. The Balaban J connectivity index is 1.75. The summed E-state index contributed by atoms with van der Waals surface area (Å²) in [5.74, 6) is -0.645. The van der Waals surface area contributed by atoms with Gasteiger partial charge in [-0.15, -0.1) is 0 Å². The molecule has 0 spiro atoms. The van der Waals surface area contributed by atoms with Crippen LogP contribution in [-0.4, -0.2) is 28.5 Å². The third-order valence-corrected chi connectivity index (χ3v) is 4.90. The van der Waals surface area contributed by atoms with Crippen LogP contribution in [0.4, 0.5) is 10.1 Å². The van der Waals surface area contributed by atoms with E-state index in [1.807, 2.05) is 0 Å². The van der Waals surface area contributed by atoms with Crippen molar-refractivity contribution in [2.45, 2.75) is 19.3 Å². The molecule has 2 N–H and O–H groups in total. The Morgan fingerprint density at radius 2 is 2.14 bits per heavy atom. The molecule has 0 saturated heterocycles. The van der Waals surface area contributed by atoms with Crippen LogP contribution >= 0.6 is 23.4 Å². The fourth-order valence-corrected chi connectivity index (χ4v) is 3.36. The second-order valence-corrected chi connectivity index (χ2v) is 6.63. The summed E-state index contributed by atoms with van der Waals surface area (Å²) in [5.41, 5.74) is 0.314. The number of hydrogen-bond donors (Lipinski definition) is 2. The van der Waals surface area contributed by atoms with Crippen molar-refractivity contribution in [1.82, 2.24) is 0 Å². The molecule has 0 radical (unpaired) electrons. The summed E-state index contributed by atoms with van der Waals surface area (Å²) in [6.07, 6.45) is 1.97. The molecule has 1 aliphatic carbocycles. The minimum atomic E-state index is -0.793. The highest BCUT2D eigenvalue weighted by atomic mass is 35.5. The van der Waals surface area contributed by atoms with Gasteiger partial charge in [-0.2, -0.15) is 11.8 Å². The van der Waals surface area contributed by atoms with Crippen molar-refractivity contribution in [2.24, 2.45) is 5.41 Å². The van der Waals surface area contributed by atoms with Gasteiger partial charge in [0.25, 0.3) is 0 Å². The molecule has 21 heavy (non-hydrogen) atoms. The smallest absolute Gasteiger partial charge is 0.303 e. The first-order valence-corrected chi connectivity index (χ1v) is 7.98. The Hall–Kier alpha value is -1.27. The van der Waals surface area contributed by atoms with Crippen LogP contribution < -0.4 is 5.32 Å². The van der Waals surface area contributed by atoms with E-state index in [1.54, 1.807) is 0 Å². The summed E-state index contributed by atoms with van der Waals surface area (Å²) >= 11 is 7.05. The molecule has 0 aliphatic heterocycles. The van der Waals surface area contributed by atoms with E-state index in [0.29, 0.717) is 11.4 Å². The Morgan fingerprint density at radius 3 is 2.71 bits per heavy atom. The van der Waals surface area contributed by atoms with E-state index in [0.717, 1.165) is 12.8 Å². The van der Waals surface area contributed by atoms with E-state index >= 15 is 0 Å². The number of anilines is 1. The number of carbonyl (C=O) groups is 2. The Morgan fingerprint density at radius 1 is 1.43 bits per heavy atom. The summed E-state index contributed by atoms with van der Waals surface area (Å²) in [6, 6.07) is 3.99. The lowest BCUT2D eigenvalue weighted by molar-refractivity contribution is -0.138. The lowest BCUT2D eigenvalue weighted by atomic mass is 10.1. The van der Waals surface area contributed by atoms with Gasteiger partial charge in [0.15, 0.2) is 0 Å². The van der Waals surface area contributed by atoms with Crippen molar-refractivity contribution >= 4 is 40.9 Å². The molecule has 1 aromatic carbocycles. The fourth-order valence-electron chi connectivity index (χ4n) is 2.00. The molecule has 0 aromatic heterocycles. The van der Waals surface area contributed by atoms with Gasteiger partial charge in [-0.25, -0.2) is 4.39 Å². The normalized spacial score (nSPS) is 15.5. The number of thioether (sulfide) groups is 1. The van der Waals surface area contributed by atoms with Gasteiger partial charge in [0.05, 0.1) is 17.2 Å². The maximum Gasteiger partial charge on any atom is 0.303 e. The van der Waals surface area contributed by atoms with Crippen molar-refractivity contribution in [3.05, 3.63) is 29.0 Å². The zero-order valence-corrected chi connectivity index (χ0v) is 12.8. The zero-order chi connectivity index (χ0) is 15.5. The lowest BCUT2D eigenvalue weighted by Gasteiger charge is -2.11. The summed E-state index contributed by atoms with van der Waals surface area (Å²) in [6.45, 7) is 0. The highest BCUT2D eigenvalue weighted by Gasteiger charge is 2.44. The Bertz CT molecular complexity index is 563. The van der Waals surface area contributed by atoms with Gasteiger partial charge in [-0.1, -0.05) is 11.6 Å². The lowest BCUT2D eigenvalue weighted by Crippen LogP contribution is -2.17. The van der Waals surface area contributed by atoms with Crippen molar-refractivity contribution in [1.29, 1.82) is 0 Å². The average molecular weight is 332 g/mol. The minimum absolute atomic E-state index is 0.0427. The van der Waals surface area contributed by atoms with E-state index in [-0.39, 0.29) is 28.5 Å². The quantitative estimate of drug-likeness (QED) is 0.803. The van der Waals surface area contributed by atoms with Crippen LogP contribution in [-0.2, 0) is 9.59 Å². The largest absolute Gasteiger partial charge is 0.481 e. The molecule has 7 heteroatoms. The van der Waals surface area contributed by atoms with Gasteiger partial charge >= 0.3 is 5.97 Å². The van der Waals surface area contributed by atoms with E-state index in [4.69, 9.17) is 16.7 Å². The molecule has 2 rings (SSSR count). The maximum absolute atomic E-state index is 13.0. The molecule has 1 amide bonds. The monoisotopic (exact) mass is 331 g/mol. The molecule has 4 nitrogen and oxygen atoms in total. The van der Waals surface area contributed by atoms with E-state index in [1.165, 1.54) is 30.0 Å². The first kappa shape index (κ1) is 16.1. The van der Waals surface area contributed by atoms with Crippen molar-refractivity contribution in [2.75, 3.05) is 16.8 Å². The van der Waals surface area contributed by atoms with Crippen LogP contribution in [0.2, 0.25) is 5.02 Å². The number of carboxylic acid groups (broad SMARTS) is 1. The highest BCUT2D eigenvalue weighted by Crippen LogP contribution is 2.50. The molecule has 0 heterocycles. The van der Waals surface area contributed by atoms with Crippen LogP contribution in [0.15, 0.2) is 18.2 Å². The van der Waals surface area contributed by atoms with E-state index in [9.17, 15) is 14.0 Å². The predicted octanol–water partition coefficient (Wildman–Crippen LogP) is 3.41. The Labute approximate surface area is 131 Å². The summed E-state index contributed by atoms with van der Waals surface area (Å²) in [4.78, 5) is 22.5.